The van der Waals surface area contributed by atoms with Gasteiger partial charge in [0.25, 0.3) is 5.91 Å². The molecule has 1 amide bonds. The number of nitrogens with zero attached hydrogens (tertiary/aromatic N) is 3. The van der Waals surface area contributed by atoms with Gasteiger partial charge in [0.05, 0.1) is 30.0 Å². The summed E-state index contributed by atoms with van der Waals surface area (Å²) in [4.78, 5) is 12.7. The number of aromatic nitrogens is 2. The fraction of sp³-hybridized carbons (Fsp3) is 0.208. The normalized spacial score (nSPS) is 17.3. The van der Waals surface area contributed by atoms with E-state index in [0.717, 1.165) is 11.3 Å². The average molecular weight is 463 g/mol. The summed E-state index contributed by atoms with van der Waals surface area (Å²) in [7, 11) is -1.56. The van der Waals surface area contributed by atoms with Crippen LogP contribution in [0.5, 0.6) is 5.75 Å². The standard InChI is InChI=1S/C24H22N4O4S/c1-32-22-9-7-17(8-10-22)23-19(15-28(27-23)21-5-3-2-4-6-21)13-18(14-25)24(29)26-20-11-12-33(30,31)16-20/h2-10,13,15,20H,11-12,16H2,1H3,(H,26,29)/b18-13+. The second-order valence-electron chi connectivity index (χ2n) is 7.68. The summed E-state index contributed by atoms with van der Waals surface area (Å²) in [6.45, 7) is 0. The maximum absolute atomic E-state index is 12.7. The number of nitriles is 1. The lowest BCUT2D eigenvalue weighted by Crippen LogP contribution is -2.36. The molecule has 168 valence electrons. The lowest BCUT2D eigenvalue weighted by atomic mass is 10.1. The Hall–Kier alpha value is -3.90. The quantitative estimate of drug-likeness (QED) is 0.445. The Bertz CT molecular complexity index is 1340. The van der Waals surface area contributed by atoms with Gasteiger partial charge in [-0.3, -0.25) is 4.79 Å². The van der Waals surface area contributed by atoms with Crippen LogP contribution in [0.1, 0.15) is 12.0 Å². The summed E-state index contributed by atoms with van der Waals surface area (Å²) < 4.78 is 30.3. The van der Waals surface area contributed by atoms with Crippen LogP contribution >= 0.6 is 0 Å². The van der Waals surface area contributed by atoms with Crippen molar-refractivity contribution in [3.8, 4) is 28.8 Å². The van der Waals surface area contributed by atoms with Gasteiger partial charge in [0.2, 0.25) is 0 Å². The first-order chi connectivity index (χ1) is 15.9. The highest BCUT2D eigenvalue weighted by Gasteiger charge is 2.29. The van der Waals surface area contributed by atoms with E-state index in [0.29, 0.717) is 23.4 Å². The molecule has 0 aliphatic carbocycles. The largest absolute Gasteiger partial charge is 0.497 e. The van der Waals surface area contributed by atoms with E-state index in [9.17, 15) is 18.5 Å². The van der Waals surface area contributed by atoms with Crippen molar-refractivity contribution >= 4 is 21.8 Å². The maximum Gasteiger partial charge on any atom is 0.262 e. The molecule has 1 saturated heterocycles. The summed E-state index contributed by atoms with van der Waals surface area (Å²) in [6, 6.07) is 18.2. The third-order valence-corrected chi connectivity index (χ3v) is 7.13. The van der Waals surface area contributed by atoms with E-state index in [1.165, 1.54) is 6.08 Å². The number of nitrogens with one attached hydrogen (secondary N) is 1. The molecule has 0 saturated carbocycles. The van der Waals surface area contributed by atoms with E-state index in [-0.39, 0.29) is 17.1 Å². The Morgan fingerprint density at radius 1 is 1.21 bits per heavy atom. The molecule has 0 bridgehead atoms. The lowest BCUT2D eigenvalue weighted by Gasteiger charge is -2.09. The SMILES string of the molecule is COc1ccc(-c2nn(-c3ccccc3)cc2/C=C(\C#N)C(=O)NC2CCS(=O)(=O)C2)cc1. The molecule has 33 heavy (non-hydrogen) atoms. The third kappa shape index (κ3) is 5.13. The first kappa shape index (κ1) is 22.3. The molecular weight excluding hydrogens is 440 g/mol. The minimum Gasteiger partial charge on any atom is -0.497 e. The molecule has 2 heterocycles. The van der Waals surface area contributed by atoms with Crippen LogP contribution in [0.3, 0.4) is 0 Å². The minimum atomic E-state index is -3.15. The zero-order valence-corrected chi connectivity index (χ0v) is 18.7. The molecule has 1 aliphatic rings. The van der Waals surface area contributed by atoms with Crippen molar-refractivity contribution in [2.45, 2.75) is 12.5 Å². The van der Waals surface area contributed by atoms with Gasteiger partial charge in [-0.15, -0.1) is 0 Å². The Kier molecular flexibility index (Phi) is 6.29. The zero-order valence-electron chi connectivity index (χ0n) is 17.9. The number of rotatable bonds is 6. The van der Waals surface area contributed by atoms with E-state index >= 15 is 0 Å². The maximum atomic E-state index is 12.7. The van der Waals surface area contributed by atoms with Crippen LogP contribution in [0, 0.1) is 11.3 Å². The Morgan fingerprint density at radius 2 is 1.94 bits per heavy atom. The molecule has 1 fully saturated rings. The van der Waals surface area contributed by atoms with E-state index < -0.39 is 21.8 Å². The van der Waals surface area contributed by atoms with Gasteiger partial charge in [0.1, 0.15) is 17.4 Å². The molecule has 0 radical (unpaired) electrons. The van der Waals surface area contributed by atoms with Crippen LogP contribution in [-0.2, 0) is 14.6 Å². The number of carbonyl (C=O) groups is 1. The summed E-state index contributed by atoms with van der Waals surface area (Å²) in [5, 5.41) is 17.0. The fourth-order valence-corrected chi connectivity index (χ4v) is 5.33. The minimum absolute atomic E-state index is 0.0367. The molecule has 1 N–H and O–H groups in total. The molecule has 8 nitrogen and oxygen atoms in total. The van der Waals surface area contributed by atoms with Gasteiger partial charge in [0.15, 0.2) is 9.84 Å². The molecule has 0 spiro atoms. The Labute approximate surface area is 192 Å². The molecule has 1 aromatic heterocycles. The highest BCUT2D eigenvalue weighted by atomic mass is 32.2. The predicted molar refractivity (Wildman–Crippen MR) is 124 cm³/mol. The number of sulfone groups is 1. The van der Waals surface area contributed by atoms with Crippen LogP contribution in [-0.4, -0.2) is 48.8 Å². The monoisotopic (exact) mass is 462 g/mol. The Morgan fingerprint density at radius 3 is 2.55 bits per heavy atom. The summed E-state index contributed by atoms with van der Waals surface area (Å²) in [5.74, 6) is 0.0184. The van der Waals surface area contributed by atoms with Gasteiger partial charge in [-0.1, -0.05) is 18.2 Å². The van der Waals surface area contributed by atoms with E-state index in [2.05, 4.69) is 10.4 Å². The van der Waals surface area contributed by atoms with Crippen molar-refractivity contribution in [3.05, 3.63) is 71.9 Å². The number of carbonyl (C=O) groups excluding carboxylic acids is 1. The molecule has 1 atom stereocenters. The van der Waals surface area contributed by atoms with Gasteiger partial charge >= 0.3 is 0 Å². The Balaban J connectivity index is 1.70. The van der Waals surface area contributed by atoms with Crippen LogP contribution in [0.2, 0.25) is 0 Å². The van der Waals surface area contributed by atoms with Crippen molar-refractivity contribution in [3.63, 3.8) is 0 Å². The van der Waals surface area contributed by atoms with Gasteiger partial charge in [-0.2, -0.15) is 10.4 Å². The van der Waals surface area contributed by atoms with Crippen LogP contribution < -0.4 is 10.1 Å². The lowest BCUT2D eigenvalue weighted by molar-refractivity contribution is -0.117. The molecular formula is C24H22N4O4S. The number of hydrogen-bond donors (Lipinski definition) is 1. The number of para-hydroxylation sites is 1. The van der Waals surface area contributed by atoms with E-state index in [4.69, 9.17) is 4.74 Å². The van der Waals surface area contributed by atoms with Crippen LogP contribution in [0.4, 0.5) is 0 Å². The number of amides is 1. The fourth-order valence-electron chi connectivity index (χ4n) is 3.66. The molecule has 2 aromatic carbocycles. The number of methoxy groups -OCH3 is 1. The molecule has 3 aromatic rings. The predicted octanol–water partition coefficient (Wildman–Crippen LogP) is 2.76. The van der Waals surface area contributed by atoms with E-state index in [1.54, 1.807) is 18.0 Å². The van der Waals surface area contributed by atoms with Crippen molar-refractivity contribution in [1.82, 2.24) is 15.1 Å². The van der Waals surface area contributed by atoms with E-state index in [1.807, 2.05) is 60.7 Å². The number of ether oxygens (including phenoxy) is 1. The van der Waals surface area contributed by atoms with Crippen LogP contribution in [0.15, 0.2) is 66.4 Å². The third-order valence-electron chi connectivity index (χ3n) is 5.36. The van der Waals surface area contributed by atoms with Crippen molar-refractivity contribution < 1.29 is 17.9 Å². The average Bonchev–Trinajstić information content (AvgIpc) is 3.40. The topological polar surface area (TPSA) is 114 Å². The number of hydrogen-bond acceptors (Lipinski definition) is 6. The van der Waals surface area contributed by atoms with Gasteiger partial charge < -0.3 is 10.1 Å². The summed E-state index contributed by atoms with van der Waals surface area (Å²) >= 11 is 0. The van der Waals surface area contributed by atoms with Crippen LogP contribution in [0.25, 0.3) is 23.0 Å². The van der Waals surface area contributed by atoms with Gasteiger partial charge in [0, 0.05) is 23.4 Å². The van der Waals surface area contributed by atoms with Crippen molar-refractivity contribution in [1.29, 1.82) is 5.26 Å². The number of benzene rings is 2. The van der Waals surface area contributed by atoms with Gasteiger partial charge in [-0.25, -0.2) is 13.1 Å². The highest BCUT2D eigenvalue weighted by molar-refractivity contribution is 7.91. The molecule has 1 aliphatic heterocycles. The smallest absolute Gasteiger partial charge is 0.262 e. The second-order valence-corrected chi connectivity index (χ2v) is 9.91. The molecule has 9 heteroatoms. The van der Waals surface area contributed by atoms with Gasteiger partial charge in [-0.05, 0) is 48.9 Å². The zero-order chi connectivity index (χ0) is 23.4. The summed E-state index contributed by atoms with van der Waals surface area (Å²) in [6.07, 6.45) is 3.57. The molecule has 1 unspecified atom stereocenters. The second kappa shape index (κ2) is 9.30. The highest BCUT2D eigenvalue weighted by Crippen LogP contribution is 2.27. The summed E-state index contributed by atoms with van der Waals surface area (Å²) in [5.41, 5.74) is 2.66. The molecule has 4 rings (SSSR count). The van der Waals surface area contributed by atoms with Crippen molar-refractivity contribution in [2.75, 3.05) is 18.6 Å². The first-order valence-corrected chi connectivity index (χ1v) is 12.1. The first-order valence-electron chi connectivity index (χ1n) is 10.3. The van der Waals surface area contributed by atoms with Crippen molar-refractivity contribution in [2.24, 2.45) is 0 Å².